The van der Waals surface area contributed by atoms with Crippen LogP contribution in [0.2, 0.25) is 0 Å². The van der Waals surface area contributed by atoms with Crippen LogP contribution in [0.3, 0.4) is 0 Å². The SMILES string of the molecule is CCc1cccc(C)c1NC(=O)C[n+]1cccc(-c2ccccc2)c1.[Br-]. The van der Waals surface area contributed by atoms with Gasteiger partial charge in [-0.2, -0.15) is 4.57 Å². The Morgan fingerprint density at radius 2 is 1.69 bits per heavy atom. The number of benzene rings is 2. The lowest BCUT2D eigenvalue weighted by atomic mass is 10.1. The van der Waals surface area contributed by atoms with Crippen molar-refractivity contribution in [2.75, 3.05) is 5.32 Å². The third-order valence-corrected chi connectivity index (χ3v) is 4.30. The lowest BCUT2D eigenvalue weighted by Gasteiger charge is -2.12. The van der Waals surface area contributed by atoms with Gasteiger partial charge in [0.05, 0.1) is 0 Å². The first-order valence-corrected chi connectivity index (χ1v) is 8.60. The van der Waals surface area contributed by atoms with E-state index in [-0.39, 0.29) is 29.4 Å². The first-order chi connectivity index (χ1) is 12.2. The fraction of sp³-hybridized carbons (Fsp3) is 0.182. The van der Waals surface area contributed by atoms with Crippen LogP contribution in [0, 0.1) is 6.92 Å². The monoisotopic (exact) mass is 410 g/mol. The maximum absolute atomic E-state index is 12.5. The van der Waals surface area contributed by atoms with E-state index in [9.17, 15) is 4.79 Å². The smallest absolute Gasteiger partial charge is 0.290 e. The van der Waals surface area contributed by atoms with Gasteiger partial charge in [0.25, 0.3) is 5.91 Å². The molecule has 26 heavy (non-hydrogen) atoms. The molecule has 3 aromatic rings. The Bertz CT molecular complexity index is 878. The Kier molecular flexibility index (Phi) is 7.10. The van der Waals surface area contributed by atoms with E-state index in [0.29, 0.717) is 0 Å². The van der Waals surface area contributed by atoms with Crippen LogP contribution in [0.4, 0.5) is 5.69 Å². The summed E-state index contributed by atoms with van der Waals surface area (Å²) in [6, 6.07) is 20.3. The second-order valence-corrected chi connectivity index (χ2v) is 6.14. The number of para-hydroxylation sites is 1. The van der Waals surface area contributed by atoms with Crippen molar-refractivity contribution in [2.45, 2.75) is 26.8 Å². The second-order valence-electron chi connectivity index (χ2n) is 6.14. The van der Waals surface area contributed by atoms with E-state index in [1.807, 2.05) is 60.3 Å². The summed E-state index contributed by atoms with van der Waals surface area (Å²) in [6.07, 6.45) is 4.83. The van der Waals surface area contributed by atoms with Crippen LogP contribution in [-0.4, -0.2) is 5.91 Å². The van der Waals surface area contributed by atoms with Crippen molar-refractivity contribution in [3.8, 4) is 11.1 Å². The quantitative estimate of drug-likeness (QED) is 0.628. The highest BCUT2D eigenvalue weighted by Crippen LogP contribution is 2.21. The number of hydrogen-bond acceptors (Lipinski definition) is 1. The Morgan fingerprint density at radius 3 is 2.42 bits per heavy atom. The predicted molar refractivity (Wildman–Crippen MR) is 101 cm³/mol. The topological polar surface area (TPSA) is 33.0 Å². The van der Waals surface area contributed by atoms with Gasteiger partial charge >= 0.3 is 0 Å². The molecule has 0 atom stereocenters. The van der Waals surface area contributed by atoms with Gasteiger partial charge in [-0.25, -0.2) is 0 Å². The number of amides is 1. The van der Waals surface area contributed by atoms with Crippen molar-refractivity contribution in [3.05, 3.63) is 84.2 Å². The highest BCUT2D eigenvalue weighted by Gasteiger charge is 2.13. The number of rotatable bonds is 5. The summed E-state index contributed by atoms with van der Waals surface area (Å²) < 4.78 is 1.92. The molecule has 2 aromatic carbocycles. The minimum atomic E-state index is -0.0146. The fourth-order valence-electron chi connectivity index (χ4n) is 2.97. The summed E-state index contributed by atoms with van der Waals surface area (Å²) in [5.74, 6) is -0.0146. The lowest BCUT2D eigenvalue weighted by Crippen LogP contribution is -3.00. The van der Waals surface area contributed by atoms with Crippen LogP contribution in [0.15, 0.2) is 73.1 Å². The van der Waals surface area contributed by atoms with Crippen LogP contribution < -0.4 is 26.9 Å². The largest absolute Gasteiger partial charge is 1.00 e. The zero-order chi connectivity index (χ0) is 17.6. The zero-order valence-corrected chi connectivity index (χ0v) is 16.7. The number of anilines is 1. The molecular formula is C22H23BrN2O. The Labute approximate surface area is 165 Å². The molecular weight excluding hydrogens is 388 g/mol. The molecule has 0 aliphatic rings. The average molecular weight is 411 g/mol. The molecule has 0 unspecified atom stereocenters. The van der Waals surface area contributed by atoms with Crippen molar-refractivity contribution in [1.29, 1.82) is 0 Å². The minimum absolute atomic E-state index is 0. The first-order valence-electron chi connectivity index (χ1n) is 8.60. The fourth-order valence-corrected chi connectivity index (χ4v) is 2.97. The Morgan fingerprint density at radius 1 is 0.962 bits per heavy atom. The highest BCUT2D eigenvalue weighted by molar-refractivity contribution is 5.91. The van der Waals surface area contributed by atoms with Crippen LogP contribution in [0.1, 0.15) is 18.1 Å². The van der Waals surface area contributed by atoms with Gasteiger partial charge in [0.1, 0.15) is 0 Å². The van der Waals surface area contributed by atoms with Gasteiger partial charge in [-0.1, -0.05) is 55.5 Å². The molecule has 1 N–H and O–H groups in total. The molecule has 1 aromatic heterocycles. The van der Waals surface area contributed by atoms with E-state index in [1.165, 1.54) is 0 Å². The van der Waals surface area contributed by atoms with Gasteiger partial charge in [-0.15, -0.1) is 0 Å². The number of carbonyl (C=O) groups excluding carboxylic acids is 1. The van der Waals surface area contributed by atoms with Gasteiger partial charge in [0, 0.05) is 17.3 Å². The second kappa shape index (κ2) is 9.30. The average Bonchev–Trinajstić information content (AvgIpc) is 2.64. The third-order valence-electron chi connectivity index (χ3n) is 4.30. The maximum atomic E-state index is 12.5. The number of nitrogens with one attached hydrogen (secondary N) is 1. The molecule has 134 valence electrons. The van der Waals surface area contributed by atoms with Gasteiger partial charge < -0.3 is 22.3 Å². The number of hydrogen-bond donors (Lipinski definition) is 1. The number of aromatic nitrogens is 1. The van der Waals surface area contributed by atoms with Gasteiger partial charge in [0.15, 0.2) is 12.4 Å². The number of pyridine rings is 1. The number of nitrogens with zero attached hydrogens (tertiary/aromatic N) is 1. The molecule has 1 amide bonds. The molecule has 0 spiro atoms. The van der Waals surface area contributed by atoms with Crippen LogP contribution in [0.5, 0.6) is 0 Å². The summed E-state index contributed by atoms with van der Waals surface area (Å²) >= 11 is 0. The van der Waals surface area contributed by atoms with Crippen molar-refractivity contribution >= 4 is 11.6 Å². The van der Waals surface area contributed by atoms with Crippen LogP contribution in [0.25, 0.3) is 11.1 Å². The van der Waals surface area contributed by atoms with E-state index in [2.05, 4.69) is 36.5 Å². The highest BCUT2D eigenvalue weighted by atomic mass is 79.9. The van der Waals surface area contributed by atoms with Crippen LogP contribution in [-0.2, 0) is 17.8 Å². The molecule has 3 nitrogen and oxygen atoms in total. The molecule has 3 rings (SSSR count). The maximum Gasteiger partial charge on any atom is 0.290 e. The molecule has 4 heteroatoms. The molecule has 0 fully saturated rings. The first kappa shape index (κ1) is 19.9. The Hall–Kier alpha value is -2.46. The molecule has 0 saturated carbocycles. The summed E-state index contributed by atoms with van der Waals surface area (Å²) in [5.41, 5.74) is 5.44. The van der Waals surface area contributed by atoms with E-state index < -0.39 is 0 Å². The molecule has 0 radical (unpaired) electrons. The van der Waals surface area contributed by atoms with Crippen molar-refractivity contribution in [1.82, 2.24) is 0 Å². The van der Waals surface area contributed by atoms with E-state index >= 15 is 0 Å². The molecule has 0 aliphatic heterocycles. The summed E-state index contributed by atoms with van der Waals surface area (Å²) in [4.78, 5) is 12.5. The number of carbonyl (C=O) groups is 1. The molecule has 0 saturated heterocycles. The van der Waals surface area contributed by atoms with Crippen molar-refractivity contribution in [2.24, 2.45) is 0 Å². The number of aryl methyl sites for hydroxylation is 2. The lowest BCUT2D eigenvalue weighted by molar-refractivity contribution is -0.683. The minimum Gasteiger partial charge on any atom is -1.00 e. The molecule has 0 bridgehead atoms. The predicted octanol–water partition coefficient (Wildman–Crippen LogP) is 1.15. The van der Waals surface area contributed by atoms with Gasteiger partial charge in [0.2, 0.25) is 6.54 Å². The third kappa shape index (κ3) is 4.79. The Balaban J connectivity index is 0.00000243. The summed E-state index contributed by atoms with van der Waals surface area (Å²) in [7, 11) is 0. The molecule has 0 aliphatic carbocycles. The van der Waals surface area contributed by atoms with Gasteiger partial charge in [-0.05, 0) is 36.1 Å². The van der Waals surface area contributed by atoms with Crippen molar-refractivity contribution < 1.29 is 26.3 Å². The van der Waals surface area contributed by atoms with E-state index in [4.69, 9.17) is 0 Å². The standard InChI is InChI=1S/C22H22N2O.BrH/c1-3-18-12-7-9-17(2)22(18)23-21(25)16-24-14-8-13-20(15-24)19-10-5-4-6-11-19;/h4-15H,3,16H2,1-2H3;1H. The number of halogens is 1. The molecule has 1 heterocycles. The van der Waals surface area contributed by atoms with E-state index in [1.54, 1.807) is 0 Å². The van der Waals surface area contributed by atoms with Gasteiger partial charge in [-0.3, -0.25) is 4.79 Å². The summed E-state index contributed by atoms with van der Waals surface area (Å²) in [5, 5.41) is 3.08. The summed E-state index contributed by atoms with van der Waals surface area (Å²) in [6.45, 7) is 4.42. The zero-order valence-electron chi connectivity index (χ0n) is 15.1. The van der Waals surface area contributed by atoms with Crippen molar-refractivity contribution in [3.63, 3.8) is 0 Å². The van der Waals surface area contributed by atoms with E-state index in [0.717, 1.165) is 34.4 Å². The van der Waals surface area contributed by atoms with Crippen LogP contribution >= 0.6 is 0 Å². The normalized spacial score (nSPS) is 10.1.